The van der Waals surface area contributed by atoms with Crippen LogP contribution >= 0.6 is 11.3 Å². The summed E-state index contributed by atoms with van der Waals surface area (Å²) in [7, 11) is 0. The van der Waals surface area contributed by atoms with Crippen molar-refractivity contribution in [3.05, 3.63) is 164 Å². The van der Waals surface area contributed by atoms with E-state index in [9.17, 15) is 1.37 Å². The normalized spacial score (nSPS) is 14.3. The highest BCUT2D eigenvalue weighted by Gasteiger charge is 2.16. The minimum absolute atomic E-state index is 0.116. The van der Waals surface area contributed by atoms with E-state index in [0.29, 0.717) is 11.3 Å². The van der Waals surface area contributed by atoms with Crippen LogP contribution in [-0.2, 0) is 0 Å². The van der Waals surface area contributed by atoms with Crippen molar-refractivity contribution in [3.63, 3.8) is 0 Å². The van der Waals surface area contributed by atoms with Gasteiger partial charge in [0.2, 0.25) is 0 Å². The highest BCUT2D eigenvalue weighted by molar-refractivity contribution is 7.25. The largest absolute Gasteiger partial charge is 0.310 e. The van der Waals surface area contributed by atoms with E-state index in [2.05, 4.69) is 0 Å². The van der Waals surface area contributed by atoms with E-state index in [-0.39, 0.29) is 29.0 Å². The van der Waals surface area contributed by atoms with Crippen LogP contribution in [0, 0.1) is 0 Å². The molecule has 8 aromatic rings. The van der Waals surface area contributed by atoms with E-state index in [1.165, 1.54) is 4.90 Å². The summed E-state index contributed by atoms with van der Waals surface area (Å²) in [4.78, 5) is 1.31. The Hall–Kier alpha value is -5.18. The molecule has 0 radical (unpaired) electrons. The van der Waals surface area contributed by atoms with Crippen LogP contribution in [0.5, 0.6) is 0 Å². The van der Waals surface area contributed by atoms with E-state index in [1.807, 2.05) is 91.0 Å². The minimum atomic E-state index is -0.573. The van der Waals surface area contributed by atoms with Crippen LogP contribution in [0.1, 0.15) is 12.3 Å². The summed E-state index contributed by atoms with van der Waals surface area (Å²) in [5.41, 5.74) is 2.39. The average Bonchev–Trinajstić information content (AvgIpc) is 3.54. The molecule has 7 aromatic carbocycles. The average molecular weight is 563 g/mol. The number of nitrogens with zero attached hydrogens (tertiary/aromatic N) is 1. The van der Waals surface area contributed by atoms with Crippen molar-refractivity contribution in [3.8, 4) is 22.3 Å². The summed E-state index contributed by atoms with van der Waals surface area (Å²) in [6.07, 6.45) is 0. The predicted molar refractivity (Wildman–Crippen MR) is 182 cm³/mol. The highest BCUT2D eigenvalue weighted by atomic mass is 32.1. The van der Waals surface area contributed by atoms with E-state index < -0.39 is 42.3 Å². The van der Waals surface area contributed by atoms with E-state index >= 15 is 0 Å². The fourth-order valence-corrected chi connectivity index (χ4v) is 6.69. The molecule has 0 saturated carbocycles. The topological polar surface area (TPSA) is 3.24 Å². The predicted octanol–water partition coefficient (Wildman–Crippen LogP) is 12.0. The SMILES string of the molecule is [2H]c1c([2H])c([2H])c(N(c2ccc(-c3cccc4ccccc34)cc2)c2c([2H])c([2H])c([2H])c(-c3cccc4sc5ccccc5c34)c2[2H])c([2H])c1[2H]. The zero-order valence-corrected chi connectivity index (χ0v) is 23.1. The molecular formula is C40H27NS. The second-order valence-electron chi connectivity index (χ2n) is 9.88. The van der Waals surface area contributed by atoms with E-state index in [0.717, 1.165) is 42.1 Å². The van der Waals surface area contributed by atoms with Crippen LogP contribution in [-0.4, -0.2) is 0 Å². The summed E-state index contributed by atoms with van der Waals surface area (Å²) in [5.74, 6) is 0. The summed E-state index contributed by atoms with van der Waals surface area (Å²) in [6.45, 7) is 0. The summed E-state index contributed by atoms with van der Waals surface area (Å²) in [5, 5.41) is 3.86. The van der Waals surface area contributed by atoms with Gasteiger partial charge in [0.05, 0.1) is 12.3 Å². The molecule has 0 spiro atoms. The van der Waals surface area contributed by atoms with Gasteiger partial charge in [0, 0.05) is 37.2 Å². The van der Waals surface area contributed by atoms with Gasteiger partial charge in [-0.3, -0.25) is 0 Å². The lowest BCUT2D eigenvalue weighted by Gasteiger charge is -2.26. The van der Waals surface area contributed by atoms with E-state index in [4.69, 9.17) is 11.0 Å². The molecule has 0 N–H and O–H groups in total. The van der Waals surface area contributed by atoms with Gasteiger partial charge in [-0.25, -0.2) is 0 Å². The number of benzene rings is 7. The van der Waals surface area contributed by atoms with Gasteiger partial charge in [0.25, 0.3) is 0 Å². The number of rotatable bonds is 5. The van der Waals surface area contributed by atoms with Gasteiger partial charge in [0.1, 0.15) is 0 Å². The monoisotopic (exact) mass is 562 g/mol. The third-order valence-corrected chi connectivity index (χ3v) is 8.58. The molecule has 0 atom stereocenters. The van der Waals surface area contributed by atoms with Crippen LogP contribution in [0.3, 0.4) is 0 Å². The summed E-state index contributed by atoms with van der Waals surface area (Å²) < 4.78 is 82.0. The Morgan fingerprint density at radius 1 is 0.476 bits per heavy atom. The molecule has 8 rings (SSSR count). The molecule has 0 amide bonds. The molecule has 0 aliphatic heterocycles. The van der Waals surface area contributed by atoms with Gasteiger partial charge in [-0.15, -0.1) is 11.3 Å². The summed E-state index contributed by atoms with van der Waals surface area (Å²) >= 11 is 1.58. The molecule has 0 bridgehead atoms. The van der Waals surface area contributed by atoms with Crippen LogP contribution in [0.25, 0.3) is 53.2 Å². The van der Waals surface area contributed by atoms with Crippen molar-refractivity contribution in [2.24, 2.45) is 0 Å². The zero-order chi connectivity index (χ0) is 35.7. The number of thiophene rings is 1. The first-order valence-corrected chi connectivity index (χ1v) is 14.4. The molecule has 42 heavy (non-hydrogen) atoms. The van der Waals surface area contributed by atoms with Gasteiger partial charge in [-0.1, -0.05) is 115 Å². The molecule has 198 valence electrons. The zero-order valence-electron chi connectivity index (χ0n) is 31.2. The van der Waals surface area contributed by atoms with Crippen molar-refractivity contribution in [2.75, 3.05) is 4.90 Å². The number of hydrogen-bond donors (Lipinski definition) is 0. The molecule has 0 aliphatic rings. The highest BCUT2D eigenvalue weighted by Crippen LogP contribution is 2.42. The van der Waals surface area contributed by atoms with Gasteiger partial charge in [-0.2, -0.15) is 0 Å². The third kappa shape index (κ3) is 4.25. The maximum absolute atomic E-state index is 9.67. The van der Waals surface area contributed by atoms with Gasteiger partial charge < -0.3 is 4.90 Å². The molecular weight excluding hydrogens is 527 g/mol. The standard InChI is InChI=1S/C40H27NS/c1-2-14-31(15-3-1)41(32-25-23-29(24-26-32)35-19-9-12-28-11-4-5-17-34(28)35)33-16-8-13-30(27-33)36-20-10-22-39-40(36)37-18-6-7-21-38(37)42-39/h1-27H/i1D,2D,3D,8D,13D,14D,15D,16D,27D. The molecule has 2 heteroatoms. The van der Waals surface area contributed by atoms with Crippen LogP contribution in [0.15, 0.2) is 164 Å². The Morgan fingerprint density at radius 2 is 1.17 bits per heavy atom. The molecule has 0 fully saturated rings. The number of hydrogen-bond acceptors (Lipinski definition) is 2. The lowest BCUT2D eigenvalue weighted by molar-refractivity contribution is 1.28. The molecule has 0 saturated heterocycles. The van der Waals surface area contributed by atoms with Gasteiger partial charge in [-0.05, 0) is 81.5 Å². The molecule has 0 aliphatic carbocycles. The first kappa shape index (κ1) is 16.9. The number of para-hydroxylation sites is 1. The molecule has 1 aromatic heterocycles. The fourth-order valence-electron chi connectivity index (χ4n) is 5.56. The Bertz CT molecular complexity index is 2670. The Morgan fingerprint density at radius 3 is 2.05 bits per heavy atom. The maximum Gasteiger partial charge on any atom is 0.0651 e. The fraction of sp³-hybridized carbons (Fsp3) is 0. The Labute approximate surface area is 262 Å². The number of anilines is 3. The van der Waals surface area contributed by atoms with Crippen molar-refractivity contribution in [1.82, 2.24) is 0 Å². The molecule has 1 heterocycles. The lowest BCUT2D eigenvalue weighted by Crippen LogP contribution is -2.09. The van der Waals surface area contributed by atoms with E-state index in [1.54, 1.807) is 29.5 Å². The molecule has 1 nitrogen and oxygen atoms in total. The first-order chi connectivity index (χ1) is 24.6. The second-order valence-corrected chi connectivity index (χ2v) is 11.0. The lowest BCUT2D eigenvalue weighted by atomic mass is 9.97. The van der Waals surface area contributed by atoms with Crippen molar-refractivity contribution < 1.29 is 12.3 Å². The minimum Gasteiger partial charge on any atom is -0.310 e. The van der Waals surface area contributed by atoms with Crippen molar-refractivity contribution >= 4 is 59.3 Å². The first-order valence-electron chi connectivity index (χ1n) is 18.0. The Balaban J connectivity index is 1.42. The second kappa shape index (κ2) is 10.3. The third-order valence-electron chi connectivity index (χ3n) is 7.44. The maximum atomic E-state index is 9.67. The van der Waals surface area contributed by atoms with Crippen LogP contribution in [0.4, 0.5) is 17.1 Å². The molecule has 0 unspecified atom stereocenters. The van der Waals surface area contributed by atoms with Gasteiger partial charge >= 0.3 is 0 Å². The summed E-state index contributed by atoms with van der Waals surface area (Å²) in [6, 6.07) is 30.4. The van der Waals surface area contributed by atoms with Crippen LogP contribution < -0.4 is 4.90 Å². The van der Waals surface area contributed by atoms with Gasteiger partial charge in [0.15, 0.2) is 0 Å². The Kier molecular flexibility index (Phi) is 4.17. The van der Waals surface area contributed by atoms with Crippen molar-refractivity contribution in [1.29, 1.82) is 0 Å². The van der Waals surface area contributed by atoms with Crippen LogP contribution in [0.2, 0.25) is 0 Å². The smallest absolute Gasteiger partial charge is 0.0651 e. The number of fused-ring (bicyclic) bond motifs is 4. The van der Waals surface area contributed by atoms with Crippen molar-refractivity contribution in [2.45, 2.75) is 0 Å². The quantitative estimate of drug-likeness (QED) is 0.202.